The molecule has 4 heterocycles. The molecule has 1 aromatic carbocycles. The number of fused-ring (bicyclic) bond motifs is 1. The van der Waals surface area contributed by atoms with E-state index < -0.39 is 5.95 Å². The molecule has 198 valence electrons. The third-order valence-corrected chi connectivity index (χ3v) is 6.27. The summed E-state index contributed by atoms with van der Waals surface area (Å²) in [6.45, 7) is 1.92. The summed E-state index contributed by atoms with van der Waals surface area (Å²) in [5, 5.41) is 6.77. The van der Waals surface area contributed by atoms with Crippen molar-refractivity contribution in [3.05, 3.63) is 71.6 Å². The van der Waals surface area contributed by atoms with Crippen LogP contribution in [0.25, 0.3) is 0 Å². The molecule has 1 amide bonds. The maximum Gasteiger partial charge on any atom is 0.247 e. The third-order valence-electron chi connectivity index (χ3n) is 6.27. The third kappa shape index (κ3) is 7.03. The fourth-order valence-corrected chi connectivity index (χ4v) is 4.09. The van der Waals surface area contributed by atoms with Crippen LogP contribution in [0.2, 0.25) is 0 Å². The molecule has 1 N–H and O–H groups in total. The van der Waals surface area contributed by atoms with Gasteiger partial charge in [0, 0.05) is 50.1 Å². The highest BCUT2D eigenvalue weighted by molar-refractivity contribution is 5.99. The number of halogens is 1. The Balaban J connectivity index is 0.000000194. The average molecular weight is 520 g/mol. The molecular weight excluding hydrogens is 489 g/mol. The smallest absolute Gasteiger partial charge is 0.247 e. The number of likely N-dealkylation sites (N-methyl/N-ethyl adjacent to an activating group) is 2. The Kier molecular flexibility index (Phi) is 9.19. The summed E-state index contributed by atoms with van der Waals surface area (Å²) in [6.07, 6.45) is 6.18. The lowest BCUT2D eigenvalue weighted by Gasteiger charge is -2.19. The number of pyridine rings is 1. The Morgan fingerprint density at radius 2 is 2.05 bits per heavy atom. The van der Waals surface area contributed by atoms with Crippen LogP contribution < -0.4 is 15.0 Å². The quantitative estimate of drug-likeness (QED) is 0.321. The van der Waals surface area contributed by atoms with E-state index in [9.17, 15) is 14.0 Å². The van der Waals surface area contributed by atoms with Crippen molar-refractivity contribution < 1.29 is 23.5 Å². The SMILES string of the molecule is CNC1COc2ccc(C#CC3CCOCC3)cc2N(C)C1=O.O=Cn1cc(Cc2cccc(F)n2)cn1. The predicted octanol–water partition coefficient (Wildman–Crippen LogP) is 2.45. The number of aromatic nitrogens is 3. The number of nitrogens with one attached hydrogen (secondary N) is 1. The Bertz CT molecular complexity index is 1330. The minimum absolute atomic E-state index is 0.000730. The molecule has 0 spiro atoms. The van der Waals surface area contributed by atoms with Gasteiger partial charge in [0.25, 0.3) is 0 Å². The highest BCUT2D eigenvalue weighted by atomic mass is 19.1. The lowest BCUT2D eigenvalue weighted by atomic mass is 10.0. The summed E-state index contributed by atoms with van der Waals surface area (Å²) in [7, 11) is 3.54. The number of hydrogen-bond acceptors (Lipinski definition) is 7. The van der Waals surface area contributed by atoms with Crippen molar-refractivity contribution >= 4 is 18.0 Å². The second-order valence-electron chi connectivity index (χ2n) is 8.95. The number of carbonyl (C=O) groups is 2. The van der Waals surface area contributed by atoms with Gasteiger partial charge >= 0.3 is 0 Å². The monoisotopic (exact) mass is 519 g/mol. The first-order valence-electron chi connectivity index (χ1n) is 12.4. The molecule has 2 aliphatic heterocycles. The zero-order valence-corrected chi connectivity index (χ0v) is 21.4. The molecule has 1 saturated heterocycles. The number of hydrogen-bond donors (Lipinski definition) is 1. The van der Waals surface area contributed by atoms with Crippen molar-refractivity contribution in [2.75, 3.05) is 38.8 Å². The predicted molar refractivity (Wildman–Crippen MR) is 140 cm³/mol. The Labute approximate surface area is 221 Å². The van der Waals surface area contributed by atoms with Gasteiger partial charge in [0.05, 0.1) is 11.9 Å². The van der Waals surface area contributed by atoms with Crippen LogP contribution in [-0.2, 0) is 20.7 Å². The van der Waals surface area contributed by atoms with E-state index in [1.54, 1.807) is 43.5 Å². The van der Waals surface area contributed by atoms with Gasteiger partial charge in [0.2, 0.25) is 18.3 Å². The van der Waals surface area contributed by atoms with Crippen LogP contribution in [-0.4, -0.2) is 67.0 Å². The largest absolute Gasteiger partial charge is 0.489 e. The molecule has 2 aromatic heterocycles. The first-order valence-corrected chi connectivity index (χ1v) is 12.4. The van der Waals surface area contributed by atoms with E-state index in [0.717, 1.165) is 53.3 Å². The summed E-state index contributed by atoms with van der Waals surface area (Å²) < 4.78 is 25.0. The zero-order chi connectivity index (χ0) is 26.9. The average Bonchev–Trinajstić information content (AvgIpc) is 3.36. The van der Waals surface area contributed by atoms with Crippen LogP contribution in [0.1, 0.15) is 29.7 Å². The van der Waals surface area contributed by atoms with Crippen LogP contribution in [0, 0.1) is 23.7 Å². The van der Waals surface area contributed by atoms with Crippen molar-refractivity contribution in [3.63, 3.8) is 0 Å². The molecule has 38 heavy (non-hydrogen) atoms. The molecule has 10 heteroatoms. The topological polar surface area (TPSA) is 98.6 Å². The minimum atomic E-state index is -0.504. The second kappa shape index (κ2) is 12.9. The fourth-order valence-electron chi connectivity index (χ4n) is 4.09. The van der Waals surface area contributed by atoms with E-state index in [0.29, 0.717) is 31.0 Å². The van der Waals surface area contributed by atoms with Crippen molar-refractivity contribution in [3.8, 4) is 17.6 Å². The van der Waals surface area contributed by atoms with Gasteiger partial charge in [0.15, 0.2) is 0 Å². The van der Waals surface area contributed by atoms with Gasteiger partial charge < -0.3 is 19.7 Å². The van der Waals surface area contributed by atoms with Gasteiger partial charge in [-0.05, 0) is 55.8 Å². The minimum Gasteiger partial charge on any atom is -0.489 e. The van der Waals surface area contributed by atoms with Crippen LogP contribution in [0.4, 0.5) is 10.1 Å². The lowest BCUT2D eigenvalue weighted by Crippen LogP contribution is -2.45. The normalized spacial score (nSPS) is 17.2. The van der Waals surface area contributed by atoms with Crippen LogP contribution in [0.15, 0.2) is 48.8 Å². The number of anilines is 1. The molecule has 0 radical (unpaired) electrons. The second-order valence-corrected chi connectivity index (χ2v) is 8.95. The molecule has 0 saturated carbocycles. The van der Waals surface area contributed by atoms with Crippen molar-refractivity contribution in [2.24, 2.45) is 5.92 Å². The van der Waals surface area contributed by atoms with E-state index in [4.69, 9.17) is 9.47 Å². The summed E-state index contributed by atoms with van der Waals surface area (Å²) >= 11 is 0. The van der Waals surface area contributed by atoms with Crippen LogP contribution in [0.3, 0.4) is 0 Å². The Morgan fingerprint density at radius 1 is 1.24 bits per heavy atom. The van der Waals surface area contributed by atoms with Crippen molar-refractivity contribution in [1.29, 1.82) is 0 Å². The maximum atomic E-state index is 12.8. The van der Waals surface area contributed by atoms with E-state index in [-0.39, 0.29) is 11.9 Å². The lowest BCUT2D eigenvalue weighted by molar-refractivity contribution is -0.120. The Morgan fingerprint density at radius 3 is 2.76 bits per heavy atom. The first-order chi connectivity index (χ1) is 18.5. The van der Waals surface area contributed by atoms with Crippen molar-refractivity contribution in [2.45, 2.75) is 25.3 Å². The van der Waals surface area contributed by atoms with E-state index in [2.05, 4.69) is 27.2 Å². The number of benzene rings is 1. The molecule has 0 bridgehead atoms. The number of ether oxygens (including phenoxy) is 2. The number of nitrogens with zero attached hydrogens (tertiary/aromatic N) is 4. The van der Waals surface area contributed by atoms with Gasteiger partial charge in [-0.15, -0.1) is 0 Å². The molecule has 5 rings (SSSR count). The maximum absolute atomic E-state index is 12.8. The number of amides is 1. The highest BCUT2D eigenvalue weighted by Gasteiger charge is 2.28. The van der Waals surface area contributed by atoms with E-state index >= 15 is 0 Å². The molecule has 2 aliphatic rings. The molecule has 9 nitrogen and oxygen atoms in total. The summed E-state index contributed by atoms with van der Waals surface area (Å²) in [5.74, 6) is 7.16. The van der Waals surface area contributed by atoms with E-state index in [1.807, 2.05) is 18.2 Å². The number of rotatable bonds is 4. The van der Waals surface area contributed by atoms with Gasteiger partial charge in [-0.25, -0.2) is 9.67 Å². The fraction of sp³-hybridized carbons (Fsp3) is 0.357. The van der Waals surface area contributed by atoms with Crippen LogP contribution in [0.5, 0.6) is 5.75 Å². The summed E-state index contributed by atoms with van der Waals surface area (Å²) in [4.78, 5) is 28.1. The summed E-state index contributed by atoms with van der Waals surface area (Å²) in [6, 6.07) is 10.1. The Hall–Kier alpha value is -4.07. The van der Waals surface area contributed by atoms with Crippen LogP contribution >= 0.6 is 0 Å². The molecule has 1 fully saturated rings. The van der Waals surface area contributed by atoms with Gasteiger partial charge in [-0.3, -0.25) is 9.59 Å². The molecule has 1 atom stereocenters. The van der Waals surface area contributed by atoms with Gasteiger partial charge in [-0.1, -0.05) is 17.9 Å². The molecule has 1 unspecified atom stereocenters. The first kappa shape index (κ1) is 27.0. The molecule has 0 aliphatic carbocycles. The molecular formula is C28H30FN5O4. The summed E-state index contributed by atoms with van der Waals surface area (Å²) in [5.41, 5.74) is 3.11. The number of carbonyl (C=O) groups excluding carboxylic acids is 2. The van der Waals surface area contributed by atoms with E-state index in [1.165, 1.54) is 6.07 Å². The zero-order valence-electron chi connectivity index (χ0n) is 21.4. The van der Waals surface area contributed by atoms with Gasteiger partial charge in [0.1, 0.15) is 18.4 Å². The van der Waals surface area contributed by atoms with Gasteiger partial charge in [-0.2, -0.15) is 9.49 Å². The van der Waals surface area contributed by atoms with Crippen molar-refractivity contribution in [1.82, 2.24) is 20.1 Å². The molecule has 3 aromatic rings. The standard InChI is InChI=1S/C18H22N2O3.C10H8FN3O/c1-19-15-12-23-17-6-5-14(11-16(17)20(2)18(15)21)4-3-13-7-9-22-10-8-13;11-10-3-1-2-9(13-10)4-8-5-12-14(6-8)7-15/h5-6,11,13,15,19H,7-10,12H2,1-2H3;1-3,5-7H,4H2. The highest BCUT2D eigenvalue weighted by Crippen LogP contribution is 2.31.